The molecule has 1 aliphatic heterocycles. The van der Waals surface area contributed by atoms with Crippen LogP contribution in [0.25, 0.3) is 0 Å². The molecule has 0 spiro atoms. The molecule has 1 aliphatic rings. The number of piperidine rings is 1. The molecule has 2 heterocycles. The number of nitrogens with one attached hydrogen (secondary N) is 1. The Morgan fingerprint density at radius 3 is 2.92 bits per heavy atom. The smallest absolute Gasteiger partial charge is 0.410 e. The zero-order chi connectivity index (χ0) is 17.7. The van der Waals surface area contributed by atoms with Crippen molar-refractivity contribution in [2.45, 2.75) is 71.1 Å². The highest BCUT2D eigenvalue weighted by Crippen LogP contribution is 2.25. The van der Waals surface area contributed by atoms with E-state index in [1.807, 2.05) is 37.8 Å². The standard InChI is InChI=1S/C18H28ClN3O2/c1-13(21-15-9-7-10-20-16(15)19)12-14-8-5-6-11-22(14)17(23)24-18(2,3)4/h7,9-10,13-14,21H,5-6,8,11-12H2,1-4H3. The number of hydrogen-bond acceptors (Lipinski definition) is 4. The molecule has 0 radical (unpaired) electrons. The number of nitrogens with zero attached hydrogens (tertiary/aromatic N) is 2. The summed E-state index contributed by atoms with van der Waals surface area (Å²) in [6.07, 6.45) is 5.50. The van der Waals surface area contributed by atoms with Gasteiger partial charge < -0.3 is 15.0 Å². The van der Waals surface area contributed by atoms with Gasteiger partial charge in [-0.1, -0.05) is 11.6 Å². The molecule has 2 atom stereocenters. The van der Waals surface area contributed by atoms with Crippen LogP contribution in [0.1, 0.15) is 53.4 Å². The molecule has 6 heteroatoms. The van der Waals surface area contributed by atoms with Crippen LogP contribution in [-0.4, -0.2) is 40.2 Å². The highest BCUT2D eigenvalue weighted by atomic mass is 35.5. The van der Waals surface area contributed by atoms with Gasteiger partial charge in [-0.15, -0.1) is 0 Å². The molecule has 1 N–H and O–H groups in total. The molecular formula is C18H28ClN3O2. The Labute approximate surface area is 149 Å². The van der Waals surface area contributed by atoms with E-state index < -0.39 is 5.60 Å². The minimum absolute atomic E-state index is 0.180. The highest BCUT2D eigenvalue weighted by molar-refractivity contribution is 6.31. The maximum atomic E-state index is 12.5. The Morgan fingerprint density at radius 2 is 2.25 bits per heavy atom. The number of ether oxygens (including phenoxy) is 1. The summed E-state index contributed by atoms with van der Waals surface area (Å²) in [5, 5.41) is 3.86. The topological polar surface area (TPSA) is 54.5 Å². The van der Waals surface area contributed by atoms with Crippen LogP contribution in [0.5, 0.6) is 0 Å². The van der Waals surface area contributed by atoms with E-state index in [0.717, 1.165) is 37.9 Å². The van der Waals surface area contributed by atoms with E-state index >= 15 is 0 Å². The Bertz CT molecular complexity index is 559. The first-order chi connectivity index (χ1) is 11.3. The minimum atomic E-state index is -0.466. The molecule has 1 aromatic rings. The van der Waals surface area contributed by atoms with Crippen molar-refractivity contribution >= 4 is 23.4 Å². The van der Waals surface area contributed by atoms with Gasteiger partial charge in [-0.3, -0.25) is 0 Å². The number of carbonyl (C=O) groups is 1. The second-order valence-electron chi connectivity index (χ2n) is 7.45. The number of amides is 1. The number of rotatable bonds is 4. The summed E-state index contributed by atoms with van der Waals surface area (Å²) in [6, 6.07) is 4.14. The van der Waals surface area contributed by atoms with Crippen molar-refractivity contribution in [3.8, 4) is 0 Å². The van der Waals surface area contributed by atoms with Crippen LogP contribution >= 0.6 is 11.6 Å². The lowest BCUT2D eigenvalue weighted by Crippen LogP contribution is -2.47. The van der Waals surface area contributed by atoms with Crippen LogP contribution in [0, 0.1) is 0 Å². The summed E-state index contributed by atoms with van der Waals surface area (Å²) >= 11 is 6.10. The molecule has 2 rings (SSSR count). The molecule has 5 nitrogen and oxygen atoms in total. The van der Waals surface area contributed by atoms with Crippen LogP contribution < -0.4 is 5.32 Å². The molecule has 2 unspecified atom stereocenters. The lowest BCUT2D eigenvalue weighted by Gasteiger charge is -2.38. The third-order valence-electron chi connectivity index (χ3n) is 4.04. The Hall–Kier alpha value is -1.49. The zero-order valence-electron chi connectivity index (χ0n) is 15.0. The largest absolute Gasteiger partial charge is 0.444 e. The van der Waals surface area contributed by atoms with Crippen LogP contribution in [0.2, 0.25) is 5.15 Å². The molecule has 134 valence electrons. The molecule has 1 fully saturated rings. The maximum absolute atomic E-state index is 12.5. The molecule has 24 heavy (non-hydrogen) atoms. The van der Waals surface area contributed by atoms with Gasteiger partial charge in [0.2, 0.25) is 0 Å². The lowest BCUT2D eigenvalue weighted by molar-refractivity contribution is 0.00852. The molecule has 0 aliphatic carbocycles. The summed E-state index contributed by atoms with van der Waals surface area (Å²) in [7, 11) is 0. The van der Waals surface area contributed by atoms with Crippen molar-refractivity contribution in [3.05, 3.63) is 23.5 Å². The van der Waals surface area contributed by atoms with E-state index in [-0.39, 0.29) is 18.2 Å². The van der Waals surface area contributed by atoms with Gasteiger partial charge >= 0.3 is 6.09 Å². The number of halogens is 1. The van der Waals surface area contributed by atoms with E-state index in [2.05, 4.69) is 17.2 Å². The third kappa shape index (κ3) is 5.55. The number of likely N-dealkylation sites (tertiary alicyclic amines) is 1. The Kier molecular flexibility index (Phi) is 6.33. The molecule has 1 aromatic heterocycles. The Balaban J connectivity index is 1.97. The van der Waals surface area contributed by atoms with Gasteiger partial charge in [0.1, 0.15) is 5.60 Å². The van der Waals surface area contributed by atoms with Crippen LogP contribution in [-0.2, 0) is 4.74 Å². The van der Waals surface area contributed by atoms with Gasteiger partial charge in [0.15, 0.2) is 5.15 Å². The molecule has 1 amide bonds. The average molecular weight is 354 g/mol. The number of aromatic nitrogens is 1. The fourth-order valence-corrected chi connectivity index (χ4v) is 3.21. The van der Waals surface area contributed by atoms with Crippen molar-refractivity contribution in [2.24, 2.45) is 0 Å². The predicted octanol–water partition coefficient (Wildman–Crippen LogP) is 4.72. The van der Waals surface area contributed by atoms with E-state index in [1.54, 1.807) is 6.20 Å². The zero-order valence-corrected chi connectivity index (χ0v) is 15.8. The number of anilines is 1. The van der Waals surface area contributed by atoms with Crippen molar-refractivity contribution in [2.75, 3.05) is 11.9 Å². The minimum Gasteiger partial charge on any atom is -0.444 e. The van der Waals surface area contributed by atoms with Gasteiger partial charge in [0.25, 0.3) is 0 Å². The number of hydrogen-bond donors (Lipinski definition) is 1. The van der Waals surface area contributed by atoms with Gasteiger partial charge in [0, 0.05) is 24.8 Å². The van der Waals surface area contributed by atoms with Gasteiger partial charge in [-0.2, -0.15) is 0 Å². The first-order valence-corrected chi connectivity index (χ1v) is 9.01. The van der Waals surface area contributed by atoms with Crippen molar-refractivity contribution < 1.29 is 9.53 Å². The maximum Gasteiger partial charge on any atom is 0.410 e. The van der Waals surface area contributed by atoms with Gasteiger partial charge in [-0.25, -0.2) is 9.78 Å². The van der Waals surface area contributed by atoms with Gasteiger partial charge in [0.05, 0.1) is 5.69 Å². The third-order valence-corrected chi connectivity index (χ3v) is 4.34. The second kappa shape index (κ2) is 8.06. The fraction of sp³-hybridized carbons (Fsp3) is 0.667. The second-order valence-corrected chi connectivity index (χ2v) is 7.80. The molecule has 0 aromatic carbocycles. The normalized spacial score (nSPS) is 19.7. The summed E-state index contributed by atoms with van der Waals surface area (Å²) in [5.41, 5.74) is 0.359. The quantitative estimate of drug-likeness (QED) is 0.796. The predicted molar refractivity (Wildman–Crippen MR) is 97.5 cm³/mol. The van der Waals surface area contributed by atoms with E-state index in [9.17, 15) is 4.79 Å². The van der Waals surface area contributed by atoms with E-state index in [1.165, 1.54) is 0 Å². The first-order valence-electron chi connectivity index (χ1n) is 8.63. The highest BCUT2D eigenvalue weighted by Gasteiger charge is 2.31. The monoisotopic (exact) mass is 353 g/mol. The van der Waals surface area contributed by atoms with Crippen molar-refractivity contribution in [3.63, 3.8) is 0 Å². The molecule has 0 saturated carbocycles. The molecule has 1 saturated heterocycles. The lowest BCUT2D eigenvalue weighted by atomic mass is 9.96. The van der Waals surface area contributed by atoms with Crippen molar-refractivity contribution in [1.29, 1.82) is 0 Å². The van der Waals surface area contributed by atoms with Crippen LogP contribution in [0.3, 0.4) is 0 Å². The molecule has 0 bridgehead atoms. The molecular weight excluding hydrogens is 326 g/mol. The van der Waals surface area contributed by atoms with E-state index in [0.29, 0.717) is 5.15 Å². The number of carbonyl (C=O) groups excluding carboxylic acids is 1. The van der Waals surface area contributed by atoms with Crippen LogP contribution in [0.4, 0.5) is 10.5 Å². The van der Waals surface area contributed by atoms with Gasteiger partial charge in [-0.05, 0) is 65.5 Å². The van der Waals surface area contributed by atoms with E-state index in [4.69, 9.17) is 16.3 Å². The number of pyridine rings is 1. The summed E-state index contributed by atoms with van der Waals surface area (Å²) in [4.78, 5) is 18.4. The average Bonchev–Trinajstić information content (AvgIpc) is 2.48. The summed E-state index contributed by atoms with van der Waals surface area (Å²) in [5.74, 6) is 0. The summed E-state index contributed by atoms with van der Waals surface area (Å²) < 4.78 is 5.56. The SMILES string of the molecule is CC(CC1CCCCN1C(=O)OC(C)(C)C)Nc1cccnc1Cl. The van der Waals surface area contributed by atoms with Crippen LogP contribution in [0.15, 0.2) is 18.3 Å². The first kappa shape index (κ1) is 18.8. The fourth-order valence-electron chi connectivity index (χ4n) is 3.03. The van der Waals surface area contributed by atoms with Crippen molar-refractivity contribution in [1.82, 2.24) is 9.88 Å². The summed E-state index contributed by atoms with van der Waals surface area (Å²) in [6.45, 7) is 8.57. The Morgan fingerprint density at radius 1 is 1.50 bits per heavy atom.